The molecule has 2 amide bonds. The lowest BCUT2D eigenvalue weighted by atomic mass is 10.3. The van der Waals surface area contributed by atoms with Crippen molar-refractivity contribution < 1.29 is 9.53 Å². The Morgan fingerprint density at radius 3 is 2.74 bits per heavy atom. The summed E-state index contributed by atoms with van der Waals surface area (Å²) >= 11 is 0. The fourth-order valence-corrected chi connectivity index (χ4v) is 2.14. The highest BCUT2D eigenvalue weighted by Crippen LogP contribution is 2.03. The Kier molecular flexibility index (Phi) is 8.58. The Balaban J connectivity index is 1.82. The van der Waals surface area contributed by atoms with Gasteiger partial charge in [-0.25, -0.2) is 4.79 Å². The summed E-state index contributed by atoms with van der Waals surface area (Å²) in [6.45, 7) is 9.54. The third kappa shape index (κ3) is 7.38. The average Bonchev–Trinajstić information content (AvgIpc) is 2.70. The van der Waals surface area contributed by atoms with Crippen LogP contribution in [0.2, 0.25) is 0 Å². The maximum absolute atomic E-state index is 11.4. The number of amides is 2. The number of carbonyl (C=O) groups excluding carboxylic acids is 1. The average molecular weight is 271 g/mol. The molecule has 5 nitrogen and oxygen atoms in total. The normalized spacial score (nSPS) is 18.9. The summed E-state index contributed by atoms with van der Waals surface area (Å²) in [4.78, 5) is 13.3. The predicted octanol–water partition coefficient (Wildman–Crippen LogP) is 1.59. The van der Waals surface area contributed by atoms with Gasteiger partial charge in [0.15, 0.2) is 0 Å². The van der Waals surface area contributed by atoms with Gasteiger partial charge in [0.1, 0.15) is 0 Å². The van der Waals surface area contributed by atoms with Gasteiger partial charge in [0.2, 0.25) is 0 Å². The summed E-state index contributed by atoms with van der Waals surface area (Å²) in [5, 5.41) is 6.28. The minimum atomic E-state index is 0.0626. The zero-order valence-corrected chi connectivity index (χ0v) is 12.4. The van der Waals surface area contributed by atoms with E-state index in [4.69, 9.17) is 4.74 Å². The number of carbonyl (C=O) groups is 1. The first-order valence-electron chi connectivity index (χ1n) is 7.58. The minimum Gasteiger partial charge on any atom is -0.381 e. The molecule has 0 radical (unpaired) electrons. The highest BCUT2D eigenvalue weighted by Gasteiger charge is 2.24. The lowest BCUT2D eigenvalue weighted by Crippen LogP contribution is -2.29. The lowest BCUT2D eigenvalue weighted by Gasteiger charge is -2.14. The van der Waals surface area contributed by atoms with E-state index < -0.39 is 0 Å². The zero-order valence-electron chi connectivity index (χ0n) is 12.4. The maximum atomic E-state index is 11.4. The van der Waals surface area contributed by atoms with Crippen LogP contribution in [0.4, 0.5) is 4.79 Å². The molecule has 19 heavy (non-hydrogen) atoms. The van der Waals surface area contributed by atoms with Gasteiger partial charge in [0.05, 0.1) is 0 Å². The van der Waals surface area contributed by atoms with Crippen LogP contribution in [0.25, 0.3) is 0 Å². The number of hydrogen-bond donors (Lipinski definition) is 2. The second-order valence-corrected chi connectivity index (χ2v) is 5.22. The molecular weight excluding hydrogens is 242 g/mol. The molecule has 5 heteroatoms. The first-order valence-corrected chi connectivity index (χ1v) is 7.58. The third-order valence-corrected chi connectivity index (χ3v) is 3.22. The van der Waals surface area contributed by atoms with E-state index in [9.17, 15) is 4.79 Å². The van der Waals surface area contributed by atoms with Gasteiger partial charge in [-0.2, -0.15) is 0 Å². The number of hydrogen-bond acceptors (Lipinski definition) is 3. The predicted molar refractivity (Wildman–Crippen MR) is 77.4 cm³/mol. The van der Waals surface area contributed by atoms with Gasteiger partial charge in [-0.05, 0) is 39.3 Å². The zero-order chi connectivity index (χ0) is 13.9. The molecule has 1 unspecified atom stereocenters. The van der Waals surface area contributed by atoms with Crippen molar-refractivity contribution >= 4 is 6.03 Å². The number of ether oxygens (including phenoxy) is 1. The molecule has 1 aliphatic heterocycles. The molecule has 0 aromatic carbocycles. The van der Waals surface area contributed by atoms with Crippen molar-refractivity contribution in [1.29, 1.82) is 0 Å². The quantitative estimate of drug-likeness (QED) is 0.561. The molecule has 112 valence electrons. The molecule has 1 aliphatic rings. The minimum absolute atomic E-state index is 0.0626. The topological polar surface area (TPSA) is 53.6 Å². The molecule has 0 aromatic rings. The van der Waals surface area contributed by atoms with Crippen LogP contribution in [-0.2, 0) is 4.74 Å². The van der Waals surface area contributed by atoms with E-state index in [1.165, 1.54) is 12.8 Å². The highest BCUT2D eigenvalue weighted by molar-refractivity contribution is 5.76. The fourth-order valence-electron chi connectivity index (χ4n) is 2.14. The second kappa shape index (κ2) is 10.0. The summed E-state index contributed by atoms with van der Waals surface area (Å²) in [5.74, 6) is 0. The first-order chi connectivity index (χ1) is 9.24. The standard InChI is InChI=1S/C14H29N3O2/c1-3-4-7-15-8-5-10-19-11-6-9-17-12-13(2)16-14(17)18/h13,15H,3-12H2,1-2H3,(H,16,18). The van der Waals surface area contributed by atoms with Crippen LogP contribution >= 0.6 is 0 Å². The van der Waals surface area contributed by atoms with E-state index in [1.807, 2.05) is 11.8 Å². The maximum Gasteiger partial charge on any atom is 0.317 e. The van der Waals surface area contributed by atoms with Gasteiger partial charge in [-0.15, -0.1) is 0 Å². The van der Waals surface area contributed by atoms with Crippen LogP contribution in [0.5, 0.6) is 0 Å². The van der Waals surface area contributed by atoms with Crippen LogP contribution < -0.4 is 10.6 Å². The van der Waals surface area contributed by atoms with Gasteiger partial charge < -0.3 is 20.3 Å². The highest BCUT2D eigenvalue weighted by atomic mass is 16.5. The van der Waals surface area contributed by atoms with E-state index in [0.29, 0.717) is 0 Å². The number of nitrogens with one attached hydrogen (secondary N) is 2. The van der Waals surface area contributed by atoms with Crippen LogP contribution in [0.1, 0.15) is 39.5 Å². The van der Waals surface area contributed by atoms with E-state index in [2.05, 4.69) is 17.6 Å². The number of unbranched alkanes of at least 4 members (excludes halogenated alkanes) is 1. The summed E-state index contributed by atoms with van der Waals surface area (Å²) in [6.07, 6.45) is 4.47. The van der Waals surface area contributed by atoms with Gasteiger partial charge in [-0.1, -0.05) is 13.3 Å². The van der Waals surface area contributed by atoms with Crippen LogP contribution in [0.15, 0.2) is 0 Å². The van der Waals surface area contributed by atoms with Crippen molar-refractivity contribution in [2.24, 2.45) is 0 Å². The molecule has 1 saturated heterocycles. The first kappa shape index (κ1) is 16.2. The molecule has 2 N–H and O–H groups in total. The molecule has 1 fully saturated rings. The van der Waals surface area contributed by atoms with Gasteiger partial charge in [0.25, 0.3) is 0 Å². The van der Waals surface area contributed by atoms with Gasteiger partial charge in [0, 0.05) is 32.3 Å². The van der Waals surface area contributed by atoms with Crippen molar-refractivity contribution in [3.8, 4) is 0 Å². The summed E-state index contributed by atoms with van der Waals surface area (Å²) in [6, 6.07) is 0.343. The largest absolute Gasteiger partial charge is 0.381 e. The summed E-state index contributed by atoms with van der Waals surface area (Å²) in [7, 11) is 0. The number of urea groups is 1. The van der Waals surface area contributed by atoms with E-state index in [0.717, 1.165) is 52.2 Å². The molecule has 0 saturated carbocycles. The lowest BCUT2D eigenvalue weighted by molar-refractivity contribution is 0.122. The molecule has 0 bridgehead atoms. The Morgan fingerprint density at radius 2 is 2.05 bits per heavy atom. The summed E-state index contributed by atoms with van der Waals surface area (Å²) in [5.41, 5.74) is 0. The Labute approximate surface area is 117 Å². The molecule has 0 aliphatic carbocycles. The fraction of sp³-hybridized carbons (Fsp3) is 0.929. The van der Waals surface area contributed by atoms with Crippen LogP contribution in [0, 0.1) is 0 Å². The van der Waals surface area contributed by atoms with Gasteiger partial charge >= 0.3 is 6.03 Å². The molecule has 0 aromatic heterocycles. The van der Waals surface area contributed by atoms with E-state index in [-0.39, 0.29) is 12.1 Å². The van der Waals surface area contributed by atoms with Crippen molar-refractivity contribution in [2.75, 3.05) is 39.4 Å². The molecule has 1 heterocycles. The third-order valence-electron chi connectivity index (χ3n) is 3.22. The van der Waals surface area contributed by atoms with Gasteiger partial charge in [-0.3, -0.25) is 0 Å². The molecule has 0 spiro atoms. The Bertz CT molecular complexity index is 249. The Hall–Kier alpha value is -0.810. The van der Waals surface area contributed by atoms with Crippen molar-refractivity contribution in [1.82, 2.24) is 15.5 Å². The molecule has 1 atom stereocenters. The van der Waals surface area contributed by atoms with Crippen molar-refractivity contribution in [2.45, 2.75) is 45.6 Å². The van der Waals surface area contributed by atoms with Crippen molar-refractivity contribution in [3.05, 3.63) is 0 Å². The number of rotatable bonds is 11. The SMILES string of the molecule is CCCCNCCCOCCCN1CC(C)NC1=O. The van der Waals surface area contributed by atoms with E-state index >= 15 is 0 Å². The summed E-state index contributed by atoms with van der Waals surface area (Å²) < 4.78 is 5.56. The Morgan fingerprint density at radius 1 is 1.32 bits per heavy atom. The van der Waals surface area contributed by atoms with E-state index in [1.54, 1.807) is 0 Å². The number of nitrogens with zero attached hydrogens (tertiary/aromatic N) is 1. The van der Waals surface area contributed by atoms with Crippen molar-refractivity contribution in [3.63, 3.8) is 0 Å². The smallest absolute Gasteiger partial charge is 0.317 e. The second-order valence-electron chi connectivity index (χ2n) is 5.22. The molecular formula is C14H29N3O2. The monoisotopic (exact) mass is 271 g/mol. The van der Waals surface area contributed by atoms with Crippen LogP contribution in [-0.4, -0.2) is 56.4 Å². The molecule has 1 rings (SSSR count). The van der Waals surface area contributed by atoms with Crippen LogP contribution in [0.3, 0.4) is 0 Å².